The first-order chi connectivity index (χ1) is 18.0. The second kappa shape index (κ2) is 9.70. The third-order valence-corrected chi connectivity index (χ3v) is 7.05. The van der Waals surface area contributed by atoms with Crippen LogP contribution in [0.15, 0.2) is 42.5 Å². The summed E-state index contributed by atoms with van der Waals surface area (Å²) < 4.78 is 55.1. The number of rotatable bonds is 7. The molecule has 0 bridgehead atoms. The van der Waals surface area contributed by atoms with Crippen LogP contribution in [-0.2, 0) is 12.7 Å². The van der Waals surface area contributed by atoms with Gasteiger partial charge in [-0.3, -0.25) is 0 Å². The van der Waals surface area contributed by atoms with Crippen molar-refractivity contribution in [2.24, 2.45) is 5.92 Å². The fraction of sp³-hybridized carbons (Fsp3) is 0.333. The van der Waals surface area contributed by atoms with Gasteiger partial charge in [0, 0.05) is 18.2 Å². The molecule has 0 radical (unpaired) electrons. The minimum absolute atomic E-state index is 0.00516. The summed E-state index contributed by atoms with van der Waals surface area (Å²) in [6.07, 6.45) is -1.26. The average Bonchev–Trinajstić information content (AvgIpc) is 3.18. The van der Waals surface area contributed by atoms with Crippen molar-refractivity contribution in [2.45, 2.75) is 51.9 Å². The smallest absolute Gasteiger partial charge is 0.416 e. The molecule has 1 aliphatic rings. The van der Waals surface area contributed by atoms with Crippen molar-refractivity contribution in [3.8, 4) is 11.4 Å². The van der Waals surface area contributed by atoms with Crippen LogP contribution in [-0.4, -0.2) is 36.6 Å². The van der Waals surface area contributed by atoms with Crippen molar-refractivity contribution < 1.29 is 27.5 Å². The molecule has 11 heteroatoms. The van der Waals surface area contributed by atoms with E-state index < -0.39 is 29.4 Å². The van der Waals surface area contributed by atoms with E-state index in [-0.39, 0.29) is 24.1 Å². The summed E-state index contributed by atoms with van der Waals surface area (Å²) >= 11 is 0. The molecule has 2 aromatic carbocycles. The van der Waals surface area contributed by atoms with E-state index in [1.54, 1.807) is 23.6 Å². The van der Waals surface area contributed by atoms with Crippen LogP contribution in [0.25, 0.3) is 22.6 Å². The highest BCUT2D eigenvalue weighted by atomic mass is 19.4. The Labute approximate surface area is 215 Å². The van der Waals surface area contributed by atoms with E-state index in [0.717, 1.165) is 31.4 Å². The summed E-state index contributed by atoms with van der Waals surface area (Å²) in [5.41, 5.74) is 1.24. The molecule has 1 aliphatic carbocycles. The van der Waals surface area contributed by atoms with E-state index in [9.17, 15) is 27.5 Å². The van der Waals surface area contributed by atoms with Crippen LogP contribution in [0.5, 0.6) is 0 Å². The van der Waals surface area contributed by atoms with Crippen molar-refractivity contribution in [1.82, 2.24) is 19.5 Å². The molecule has 2 heterocycles. The molecule has 0 saturated heterocycles. The van der Waals surface area contributed by atoms with Crippen LogP contribution in [0.3, 0.4) is 0 Å². The van der Waals surface area contributed by atoms with Crippen molar-refractivity contribution in [3.63, 3.8) is 0 Å². The van der Waals surface area contributed by atoms with Gasteiger partial charge in [0.15, 0.2) is 11.5 Å². The Morgan fingerprint density at radius 1 is 1.13 bits per heavy atom. The van der Waals surface area contributed by atoms with E-state index in [1.165, 1.54) is 18.2 Å². The van der Waals surface area contributed by atoms with Crippen LogP contribution >= 0.6 is 0 Å². The Morgan fingerprint density at radius 2 is 1.84 bits per heavy atom. The van der Waals surface area contributed by atoms with Gasteiger partial charge in [0.25, 0.3) is 0 Å². The second-order valence-electron chi connectivity index (χ2n) is 9.68. The minimum Gasteiger partial charge on any atom is -0.475 e. The maximum absolute atomic E-state index is 14.0. The number of alkyl halides is 3. The number of hydrogen-bond acceptors (Lipinski definition) is 5. The average molecular weight is 528 g/mol. The van der Waals surface area contributed by atoms with E-state index in [2.05, 4.69) is 20.3 Å². The molecule has 1 atom stereocenters. The predicted octanol–water partition coefficient (Wildman–Crippen LogP) is 6.31. The molecule has 198 valence electrons. The highest BCUT2D eigenvalue weighted by Gasteiger charge is 2.30. The lowest BCUT2D eigenvalue weighted by atomic mass is 9.80. The number of aromatic nitrogens is 4. The molecule has 2 aromatic heterocycles. The number of carboxylic acids is 1. The van der Waals surface area contributed by atoms with Gasteiger partial charge in [-0.1, -0.05) is 18.6 Å². The molecule has 0 amide bonds. The first kappa shape index (κ1) is 25.6. The zero-order chi connectivity index (χ0) is 27.2. The number of fused-ring (bicyclic) bond motifs is 1. The molecule has 5 rings (SSSR count). The summed E-state index contributed by atoms with van der Waals surface area (Å²) in [5, 5.41) is 13.0. The fourth-order valence-electron chi connectivity index (χ4n) is 4.65. The van der Waals surface area contributed by atoms with Crippen molar-refractivity contribution in [2.75, 3.05) is 5.32 Å². The summed E-state index contributed by atoms with van der Waals surface area (Å²) in [7, 11) is 0. The zero-order valence-corrected chi connectivity index (χ0v) is 20.7. The minimum atomic E-state index is -4.47. The number of nitrogens with zero attached hydrogens (tertiary/aromatic N) is 4. The third kappa shape index (κ3) is 4.92. The molecule has 0 spiro atoms. The van der Waals surface area contributed by atoms with E-state index in [4.69, 9.17) is 0 Å². The van der Waals surface area contributed by atoms with Gasteiger partial charge in [-0.2, -0.15) is 13.2 Å². The summed E-state index contributed by atoms with van der Waals surface area (Å²) in [5.74, 6) is -1.11. The SMILES string of the molecule is Cc1cc(-c2nc3nc(C(=O)O)nc(N[C@H](C)C4CCC4)c3n2Cc2ccc(C(F)(F)F)cc2)ccc1F. The number of nitrogens with one attached hydrogen (secondary N) is 1. The number of benzene rings is 2. The number of aryl methyl sites for hydroxylation is 1. The van der Waals surface area contributed by atoms with Crippen LogP contribution in [0.1, 0.15) is 53.5 Å². The number of carbonyl (C=O) groups is 1. The summed E-state index contributed by atoms with van der Waals surface area (Å²) in [6, 6.07) is 9.22. The Balaban J connectivity index is 1.69. The quantitative estimate of drug-likeness (QED) is 0.274. The monoisotopic (exact) mass is 527 g/mol. The lowest BCUT2D eigenvalue weighted by Crippen LogP contribution is -2.31. The molecule has 0 aliphatic heterocycles. The normalized spacial score (nSPS) is 14.9. The maximum atomic E-state index is 14.0. The van der Waals surface area contributed by atoms with Gasteiger partial charge in [0.2, 0.25) is 5.82 Å². The Hall–Kier alpha value is -4.02. The molecular weight excluding hydrogens is 502 g/mol. The predicted molar refractivity (Wildman–Crippen MR) is 133 cm³/mol. The highest BCUT2D eigenvalue weighted by Crippen LogP contribution is 2.35. The Kier molecular flexibility index (Phi) is 6.54. The number of aromatic carboxylic acids is 1. The topological polar surface area (TPSA) is 92.9 Å². The molecule has 4 aromatic rings. The van der Waals surface area contributed by atoms with E-state index >= 15 is 0 Å². The number of anilines is 1. The van der Waals surface area contributed by atoms with Crippen molar-refractivity contribution >= 4 is 23.0 Å². The number of hydrogen-bond donors (Lipinski definition) is 2. The van der Waals surface area contributed by atoms with Gasteiger partial charge in [-0.05, 0) is 74.1 Å². The van der Waals surface area contributed by atoms with Gasteiger partial charge in [0.1, 0.15) is 17.2 Å². The van der Waals surface area contributed by atoms with E-state index in [0.29, 0.717) is 33.9 Å². The van der Waals surface area contributed by atoms with Crippen LogP contribution in [0, 0.1) is 18.7 Å². The van der Waals surface area contributed by atoms with Crippen LogP contribution in [0.2, 0.25) is 0 Å². The largest absolute Gasteiger partial charge is 0.475 e. The first-order valence-corrected chi connectivity index (χ1v) is 12.2. The summed E-state index contributed by atoms with van der Waals surface area (Å²) in [6.45, 7) is 3.71. The van der Waals surface area contributed by atoms with Crippen molar-refractivity contribution in [1.29, 1.82) is 0 Å². The van der Waals surface area contributed by atoms with Crippen molar-refractivity contribution in [3.05, 3.63) is 70.8 Å². The molecule has 1 fully saturated rings. The summed E-state index contributed by atoms with van der Waals surface area (Å²) in [4.78, 5) is 24.8. The molecular formula is C27H25F4N5O2. The number of carboxylic acid groups (broad SMARTS) is 1. The van der Waals surface area contributed by atoms with Gasteiger partial charge in [-0.25, -0.2) is 24.1 Å². The standard InChI is InChI=1S/C27H25F4N5O2/c1-14-12-18(8-11-20(14)28)25-35-23-21(36(25)13-16-6-9-19(10-7-16)27(29,30)31)22(33-24(34-23)26(37)38)32-15(2)17-4-3-5-17/h6-12,15,17H,3-5,13H2,1-2H3,(H,37,38)(H,32,33,34)/t15-/m1/s1. The van der Waals surface area contributed by atoms with Crippen LogP contribution in [0.4, 0.5) is 23.4 Å². The zero-order valence-electron chi connectivity index (χ0n) is 20.7. The van der Waals surface area contributed by atoms with E-state index in [1.807, 2.05) is 6.92 Å². The lowest BCUT2D eigenvalue weighted by molar-refractivity contribution is -0.137. The molecule has 7 nitrogen and oxygen atoms in total. The first-order valence-electron chi connectivity index (χ1n) is 12.2. The molecule has 1 saturated carbocycles. The van der Waals surface area contributed by atoms with Gasteiger partial charge >= 0.3 is 12.1 Å². The van der Waals surface area contributed by atoms with Gasteiger partial charge in [0.05, 0.1) is 5.56 Å². The molecule has 0 unspecified atom stereocenters. The maximum Gasteiger partial charge on any atom is 0.416 e. The lowest BCUT2D eigenvalue weighted by Gasteiger charge is -2.32. The molecule has 38 heavy (non-hydrogen) atoms. The fourth-order valence-corrected chi connectivity index (χ4v) is 4.65. The van der Waals surface area contributed by atoms with Gasteiger partial charge in [-0.15, -0.1) is 0 Å². The third-order valence-electron chi connectivity index (χ3n) is 7.05. The number of halogens is 4. The Bertz CT molecular complexity index is 1510. The Morgan fingerprint density at radius 3 is 2.42 bits per heavy atom. The van der Waals surface area contributed by atoms with Gasteiger partial charge < -0.3 is 15.0 Å². The van der Waals surface area contributed by atoms with Crippen LogP contribution < -0.4 is 5.32 Å². The second-order valence-corrected chi connectivity index (χ2v) is 9.68. The molecule has 2 N–H and O–H groups in total. The number of imidazole rings is 1. The highest BCUT2D eigenvalue weighted by molar-refractivity contribution is 5.92.